The van der Waals surface area contributed by atoms with Crippen molar-refractivity contribution in [1.82, 2.24) is 14.5 Å². The first-order chi connectivity index (χ1) is 12.7. The van der Waals surface area contributed by atoms with Crippen molar-refractivity contribution in [3.05, 3.63) is 65.9 Å². The molecule has 0 aliphatic carbocycles. The summed E-state index contributed by atoms with van der Waals surface area (Å²) in [5.74, 6) is 3.73. The molecule has 1 aromatic carbocycles. The fraction of sp³-hybridized carbons (Fsp3) is 0.409. The lowest BCUT2D eigenvalue weighted by Gasteiger charge is -2.33. The topological polar surface area (TPSA) is 34.2 Å². The van der Waals surface area contributed by atoms with Gasteiger partial charge in [0.1, 0.15) is 17.3 Å². The lowest BCUT2D eigenvalue weighted by Crippen LogP contribution is -2.36. The van der Waals surface area contributed by atoms with Crippen molar-refractivity contribution in [2.45, 2.75) is 39.8 Å². The van der Waals surface area contributed by atoms with E-state index in [1.54, 1.807) is 0 Å². The highest BCUT2D eigenvalue weighted by molar-refractivity contribution is 5.58. The zero-order valence-corrected chi connectivity index (χ0v) is 15.7. The first-order valence-electron chi connectivity index (χ1n) is 9.53. The average Bonchev–Trinajstić information content (AvgIpc) is 3.24. The van der Waals surface area contributed by atoms with Gasteiger partial charge in [-0.3, -0.25) is 4.90 Å². The fourth-order valence-electron chi connectivity index (χ4n) is 3.99. The summed E-state index contributed by atoms with van der Waals surface area (Å²) in [5, 5.41) is 0. The van der Waals surface area contributed by atoms with Gasteiger partial charge in [0.15, 0.2) is 0 Å². The number of furan rings is 1. The smallest absolute Gasteiger partial charge is 0.134 e. The first kappa shape index (κ1) is 17.1. The van der Waals surface area contributed by atoms with Crippen LogP contribution in [0.4, 0.5) is 0 Å². The van der Waals surface area contributed by atoms with Crippen molar-refractivity contribution < 1.29 is 4.42 Å². The van der Waals surface area contributed by atoms with Crippen molar-refractivity contribution in [2.75, 3.05) is 13.1 Å². The number of aromatic nitrogens is 2. The summed E-state index contributed by atoms with van der Waals surface area (Å²) < 4.78 is 8.06. The van der Waals surface area contributed by atoms with Crippen LogP contribution in [0.5, 0.6) is 0 Å². The highest BCUT2D eigenvalue weighted by atomic mass is 16.3. The Kier molecular flexibility index (Phi) is 4.93. The normalized spacial score (nSPS) is 18.3. The molecule has 1 saturated heterocycles. The van der Waals surface area contributed by atoms with E-state index in [4.69, 9.17) is 4.42 Å². The predicted octanol–water partition coefficient (Wildman–Crippen LogP) is 4.67. The summed E-state index contributed by atoms with van der Waals surface area (Å²) in [7, 11) is 0. The van der Waals surface area contributed by atoms with E-state index in [0.29, 0.717) is 5.92 Å². The standard InChI is InChI=1S/C22H27N3O/c1-17-8-9-22(26-17)21-7-3-5-19(13-21)14-24-11-4-6-20(15-24)16-25-12-10-23-18(25)2/h3,5,7-10,12-13,20H,4,6,11,14-16H2,1-2H3. The summed E-state index contributed by atoms with van der Waals surface area (Å²) in [4.78, 5) is 6.94. The predicted molar refractivity (Wildman–Crippen MR) is 104 cm³/mol. The summed E-state index contributed by atoms with van der Waals surface area (Å²) in [6, 6.07) is 12.8. The summed E-state index contributed by atoms with van der Waals surface area (Å²) in [6.45, 7) is 8.50. The molecule has 3 aromatic rings. The summed E-state index contributed by atoms with van der Waals surface area (Å²) in [6.07, 6.45) is 6.58. The van der Waals surface area contributed by atoms with Gasteiger partial charge in [0.05, 0.1) is 0 Å². The quantitative estimate of drug-likeness (QED) is 0.671. The lowest BCUT2D eigenvalue weighted by atomic mass is 9.97. The second-order valence-electron chi connectivity index (χ2n) is 7.48. The SMILES string of the molecule is Cc1ccc(-c2cccc(CN3CCCC(Cn4ccnc4C)C3)c2)o1. The van der Waals surface area contributed by atoms with Crippen LogP contribution < -0.4 is 0 Å². The number of likely N-dealkylation sites (tertiary alicyclic amines) is 1. The summed E-state index contributed by atoms with van der Waals surface area (Å²) in [5.41, 5.74) is 2.52. The average molecular weight is 349 g/mol. The zero-order chi connectivity index (χ0) is 17.9. The van der Waals surface area contributed by atoms with Crippen molar-refractivity contribution in [3.8, 4) is 11.3 Å². The van der Waals surface area contributed by atoms with Crippen LogP contribution in [0.2, 0.25) is 0 Å². The van der Waals surface area contributed by atoms with Gasteiger partial charge in [0, 0.05) is 37.6 Å². The van der Waals surface area contributed by atoms with Crippen LogP contribution in [0.1, 0.15) is 30.0 Å². The highest BCUT2D eigenvalue weighted by Gasteiger charge is 2.21. The molecule has 2 aromatic heterocycles. The van der Waals surface area contributed by atoms with Crippen LogP contribution in [-0.2, 0) is 13.1 Å². The first-order valence-corrected chi connectivity index (χ1v) is 9.53. The van der Waals surface area contributed by atoms with Crippen LogP contribution >= 0.6 is 0 Å². The van der Waals surface area contributed by atoms with Crippen molar-refractivity contribution in [3.63, 3.8) is 0 Å². The highest BCUT2D eigenvalue weighted by Crippen LogP contribution is 2.25. The monoisotopic (exact) mass is 349 g/mol. The minimum atomic E-state index is 0.701. The maximum atomic E-state index is 5.78. The van der Waals surface area contributed by atoms with Crippen molar-refractivity contribution in [2.24, 2.45) is 5.92 Å². The van der Waals surface area contributed by atoms with E-state index in [1.807, 2.05) is 19.2 Å². The number of rotatable bonds is 5. The number of nitrogens with zero attached hydrogens (tertiary/aromatic N) is 3. The Hall–Kier alpha value is -2.33. The number of hydrogen-bond donors (Lipinski definition) is 0. The second-order valence-corrected chi connectivity index (χ2v) is 7.48. The van der Waals surface area contributed by atoms with Crippen LogP contribution in [0, 0.1) is 19.8 Å². The Balaban J connectivity index is 1.41. The molecule has 1 aliphatic heterocycles. The van der Waals surface area contributed by atoms with Crippen LogP contribution in [-0.4, -0.2) is 27.5 Å². The van der Waals surface area contributed by atoms with Crippen LogP contribution in [0.3, 0.4) is 0 Å². The van der Waals surface area contributed by atoms with Gasteiger partial charge >= 0.3 is 0 Å². The van der Waals surface area contributed by atoms with Gasteiger partial charge in [0.2, 0.25) is 0 Å². The number of aryl methyl sites for hydroxylation is 2. The number of hydrogen-bond acceptors (Lipinski definition) is 3. The van der Waals surface area contributed by atoms with Crippen molar-refractivity contribution in [1.29, 1.82) is 0 Å². The molecule has 1 atom stereocenters. The number of benzene rings is 1. The molecule has 0 bridgehead atoms. The number of imidazole rings is 1. The molecule has 1 aliphatic rings. The molecule has 0 radical (unpaired) electrons. The maximum Gasteiger partial charge on any atom is 0.134 e. The van der Waals surface area contributed by atoms with E-state index < -0.39 is 0 Å². The minimum Gasteiger partial charge on any atom is -0.461 e. The third-order valence-electron chi connectivity index (χ3n) is 5.34. The van der Waals surface area contributed by atoms with Gasteiger partial charge in [-0.2, -0.15) is 0 Å². The van der Waals surface area contributed by atoms with Crippen molar-refractivity contribution >= 4 is 0 Å². The largest absolute Gasteiger partial charge is 0.461 e. The van der Waals surface area contributed by atoms with E-state index in [9.17, 15) is 0 Å². The van der Waals surface area contributed by atoms with E-state index in [2.05, 4.69) is 57.9 Å². The van der Waals surface area contributed by atoms with Gasteiger partial charge in [-0.25, -0.2) is 4.98 Å². The Morgan fingerprint density at radius 3 is 2.88 bits per heavy atom. The van der Waals surface area contributed by atoms with Gasteiger partial charge in [0.25, 0.3) is 0 Å². The fourth-order valence-corrected chi connectivity index (χ4v) is 3.99. The molecule has 0 N–H and O–H groups in total. The molecule has 3 heterocycles. The Labute approximate surface area is 155 Å². The summed E-state index contributed by atoms with van der Waals surface area (Å²) >= 11 is 0. The molecular weight excluding hydrogens is 322 g/mol. The van der Waals surface area contributed by atoms with E-state index in [-0.39, 0.29) is 0 Å². The Morgan fingerprint density at radius 1 is 1.19 bits per heavy atom. The third kappa shape index (κ3) is 3.91. The molecule has 4 rings (SSSR count). The van der Waals surface area contributed by atoms with Gasteiger partial charge in [-0.05, 0) is 62.9 Å². The third-order valence-corrected chi connectivity index (χ3v) is 5.34. The molecule has 136 valence electrons. The lowest BCUT2D eigenvalue weighted by molar-refractivity contribution is 0.155. The molecule has 0 amide bonds. The van der Waals surface area contributed by atoms with Crippen LogP contribution in [0.25, 0.3) is 11.3 Å². The Morgan fingerprint density at radius 2 is 2.12 bits per heavy atom. The van der Waals surface area contributed by atoms with Crippen LogP contribution in [0.15, 0.2) is 53.2 Å². The van der Waals surface area contributed by atoms with Gasteiger partial charge in [-0.15, -0.1) is 0 Å². The molecule has 26 heavy (non-hydrogen) atoms. The van der Waals surface area contributed by atoms with E-state index in [1.165, 1.54) is 24.9 Å². The molecule has 4 heteroatoms. The molecule has 0 spiro atoms. The van der Waals surface area contributed by atoms with E-state index >= 15 is 0 Å². The maximum absolute atomic E-state index is 5.78. The van der Waals surface area contributed by atoms with Gasteiger partial charge < -0.3 is 8.98 Å². The molecule has 0 saturated carbocycles. The molecular formula is C22H27N3O. The molecule has 4 nitrogen and oxygen atoms in total. The van der Waals surface area contributed by atoms with Gasteiger partial charge in [-0.1, -0.05) is 18.2 Å². The van der Waals surface area contributed by atoms with E-state index in [0.717, 1.165) is 42.5 Å². The Bertz CT molecular complexity index is 864. The molecule has 1 fully saturated rings. The number of piperidine rings is 1. The zero-order valence-electron chi connectivity index (χ0n) is 15.7. The second kappa shape index (κ2) is 7.50. The minimum absolute atomic E-state index is 0.701. The molecule has 1 unspecified atom stereocenters.